The number of amides is 2. The van der Waals surface area contributed by atoms with E-state index in [2.05, 4.69) is 5.32 Å². The molecule has 0 aromatic carbocycles. The maximum atomic E-state index is 12.8. The molecule has 2 aliphatic carbocycles. The Bertz CT molecular complexity index is 379. The minimum absolute atomic E-state index is 0.114. The molecule has 1 saturated heterocycles. The van der Waals surface area contributed by atoms with Gasteiger partial charge >= 0.3 is 0 Å². The van der Waals surface area contributed by atoms with Gasteiger partial charge < -0.3 is 10.2 Å². The molecule has 0 atom stereocenters. The Morgan fingerprint density at radius 1 is 1.06 bits per heavy atom. The van der Waals surface area contributed by atoms with Gasteiger partial charge in [-0.3, -0.25) is 9.59 Å². The van der Waals surface area contributed by atoms with Gasteiger partial charge in [0.05, 0.1) is 0 Å². The second kappa shape index (κ2) is 3.97. The third-order valence-electron chi connectivity index (χ3n) is 5.15. The lowest BCUT2D eigenvalue weighted by atomic mass is 9.83. The summed E-state index contributed by atoms with van der Waals surface area (Å²) in [7, 11) is 0. The average Bonchev–Trinajstić information content (AvgIpc) is 2.98. The molecule has 4 nitrogen and oxygen atoms in total. The number of likely N-dealkylation sites (N-methyl/N-ethyl adjacent to an activating group) is 1. The summed E-state index contributed by atoms with van der Waals surface area (Å²) in [5.74, 6) is 0.298. The van der Waals surface area contributed by atoms with Gasteiger partial charge in [-0.1, -0.05) is 25.7 Å². The Morgan fingerprint density at radius 2 is 1.61 bits per heavy atom. The van der Waals surface area contributed by atoms with Crippen molar-refractivity contribution in [1.82, 2.24) is 10.2 Å². The molecule has 1 aliphatic heterocycles. The number of piperazine rings is 1. The normalized spacial score (nSPS) is 29.3. The number of carbonyl (C=O) groups is 2. The van der Waals surface area contributed by atoms with E-state index in [1.165, 1.54) is 0 Å². The maximum Gasteiger partial charge on any atom is 0.249 e. The minimum atomic E-state index is -0.555. The standard InChI is InChI=1S/C14H22N2O2/c1-2-16-12(18)13(7-3-4-8-13)15-11(17)14(16)9-5-6-10-14/h2-10H2,1H3,(H,15,17). The Morgan fingerprint density at radius 3 is 2.17 bits per heavy atom. The van der Waals surface area contributed by atoms with Crippen LogP contribution in [0.5, 0.6) is 0 Å². The third kappa shape index (κ3) is 1.38. The van der Waals surface area contributed by atoms with Crippen LogP contribution < -0.4 is 5.32 Å². The van der Waals surface area contributed by atoms with Crippen molar-refractivity contribution in [2.24, 2.45) is 0 Å². The van der Waals surface area contributed by atoms with Gasteiger partial charge in [0.2, 0.25) is 11.8 Å². The van der Waals surface area contributed by atoms with Gasteiger partial charge in [0.1, 0.15) is 11.1 Å². The average molecular weight is 250 g/mol. The zero-order chi connectivity index (χ0) is 12.8. The molecule has 2 spiro atoms. The summed E-state index contributed by atoms with van der Waals surface area (Å²) in [6.45, 7) is 2.66. The Labute approximate surface area is 108 Å². The molecule has 3 fully saturated rings. The molecule has 3 rings (SSSR count). The molecule has 0 aromatic rings. The van der Waals surface area contributed by atoms with E-state index in [1.807, 2.05) is 11.8 Å². The lowest BCUT2D eigenvalue weighted by Gasteiger charge is -2.50. The van der Waals surface area contributed by atoms with Gasteiger partial charge in [0, 0.05) is 6.54 Å². The minimum Gasteiger partial charge on any atom is -0.340 e. The number of rotatable bonds is 1. The van der Waals surface area contributed by atoms with E-state index >= 15 is 0 Å². The van der Waals surface area contributed by atoms with Crippen molar-refractivity contribution in [2.75, 3.05) is 6.54 Å². The summed E-state index contributed by atoms with van der Waals surface area (Å²) in [5.41, 5.74) is -1.07. The molecule has 1 heterocycles. The highest BCUT2D eigenvalue weighted by atomic mass is 16.2. The van der Waals surface area contributed by atoms with Crippen LogP contribution in [0, 0.1) is 0 Å². The summed E-state index contributed by atoms with van der Waals surface area (Å²) in [6.07, 6.45) is 7.55. The molecule has 2 saturated carbocycles. The van der Waals surface area contributed by atoms with Crippen LogP contribution in [0.3, 0.4) is 0 Å². The van der Waals surface area contributed by atoms with Gasteiger partial charge in [0.25, 0.3) is 0 Å². The number of nitrogens with one attached hydrogen (secondary N) is 1. The summed E-state index contributed by atoms with van der Waals surface area (Å²) >= 11 is 0. The third-order valence-corrected chi connectivity index (χ3v) is 5.15. The highest BCUT2D eigenvalue weighted by molar-refractivity contribution is 6.02. The van der Waals surface area contributed by atoms with Crippen molar-refractivity contribution in [3.05, 3.63) is 0 Å². The van der Waals surface area contributed by atoms with Gasteiger partial charge in [-0.25, -0.2) is 0 Å². The van der Waals surface area contributed by atoms with E-state index in [1.54, 1.807) is 0 Å². The van der Waals surface area contributed by atoms with Crippen LogP contribution in [0.4, 0.5) is 0 Å². The fraction of sp³-hybridized carbons (Fsp3) is 0.857. The fourth-order valence-electron chi connectivity index (χ4n) is 4.18. The summed E-state index contributed by atoms with van der Waals surface area (Å²) < 4.78 is 0. The lowest BCUT2D eigenvalue weighted by Crippen LogP contribution is -2.74. The van der Waals surface area contributed by atoms with Crippen LogP contribution in [-0.2, 0) is 9.59 Å². The maximum absolute atomic E-state index is 12.8. The second-order valence-corrected chi connectivity index (χ2v) is 6.03. The van der Waals surface area contributed by atoms with Gasteiger partial charge in [0.15, 0.2) is 0 Å². The van der Waals surface area contributed by atoms with E-state index in [4.69, 9.17) is 0 Å². The number of carbonyl (C=O) groups excluding carboxylic acids is 2. The van der Waals surface area contributed by atoms with Crippen molar-refractivity contribution >= 4 is 11.8 Å². The quantitative estimate of drug-likeness (QED) is 0.768. The van der Waals surface area contributed by atoms with E-state index in [0.717, 1.165) is 51.4 Å². The topological polar surface area (TPSA) is 49.4 Å². The molecule has 0 radical (unpaired) electrons. The van der Waals surface area contributed by atoms with Crippen molar-refractivity contribution in [1.29, 1.82) is 0 Å². The first kappa shape index (κ1) is 12.0. The number of hydrogen-bond acceptors (Lipinski definition) is 2. The first-order chi connectivity index (χ1) is 8.65. The molecule has 0 aromatic heterocycles. The number of hydrogen-bond donors (Lipinski definition) is 1. The van der Waals surface area contributed by atoms with Crippen LogP contribution in [0.15, 0.2) is 0 Å². The summed E-state index contributed by atoms with van der Waals surface area (Å²) in [4.78, 5) is 27.3. The van der Waals surface area contributed by atoms with E-state index < -0.39 is 11.1 Å². The van der Waals surface area contributed by atoms with Crippen molar-refractivity contribution in [3.8, 4) is 0 Å². The lowest BCUT2D eigenvalue weighted by molar-refractivity contribution is -0.162. The monoisotopic (exact) mass is 250 g/mol. The molecule has 100 valence electrons. The van der Waals surface area contributed by atoms with E-state index in [-0.39, 0.29) is 11.8 Å². The second-order valence-electron chi connectivity index (χ2n) is 6.03. The molecule has 3 aliphatic rings. The van der Waals surface area contributed by atoms with Crippen LogP contribution >= 0.6 is 0 Å². The van der Waals surface area contributed by atoms with Crippen LogP contribution in [0.25, 0.3) is 0 Å². The zero-order valence-electron chi connectivity index (χ0n) is 11.1. The zero-order valence-corrected chi connectivity index (χ0v) is 11.1. The molecule has 1 N–H and O–H groups in total. The first-order valence-electron chi connectivity index (χ1n) is 7.29. The van der Waals surface area contributed by atoms with Crippen LogP contribution in [0.2, 0.25) is 0 Å². The van der Waals surface area contributed by atoms with Crippen molar-refractivity contribution in [2.45, 2.75) is 69.4 Å². The predicted molar refractivity (Wildman–Crippen MR) is 67.9 cm³/mol. The van der Waals surface area contributed by atoms with Crippen molar-refractivity contribution in [3.63, 3.8) is 0 Å². The first-order valence-corrected chi connectivity index (χ1v) is 7.29. The Kier molecular flexibility index (Phi) is 2.65. The van der Waals surface area contributed by atoms with Crippen LogP contribution in [-0.4, -0.2) is 34.3 Å². The Balaban J connectivity index is 1.98. The Hall–Kier alpha value is -1.06. The summed E-state index contributed by atoms with van der Waals surface area (Å²) in [5, 5.41) is 3.11. The summed E-state index contributed by atoms with van der Waals surface area (Å²) in [6, 6.07) is 0. The highest BCUT2D eigenvalue weighted by Crippen LogP contribution is 2.43. The van der Waals surface area contributed by atoms with E-state index in [0.29, 0.717) is 6.54 Å². The van der Waals surface area contributed by atoms with Crippen molar-refractivity contribution < 1.29 is 9.59 Å². The molecular formula is C14H22N2O2. The van der Waals surface area contributed by atoms with E-state index in [9.17, 15) is 9.59 Å². The SMILES string of the molecule is CCN1C(=O)C2(CCCC2)NC(=O)C12CCCC2. The molecular weight excluding hydrogens is 228 g/mol. The van der Waals surface area contributed by atoms with Gasteiger partial charge in [-0.2, -0.15) is 0 Å². The highest BCUT2D eigenvalue weighted by Gasteiger charge is 2.59. The fourth-order valence-corrected chi connectivity index (χ4v) is 4.18. The van der Waals surface area contributed by atoms with Crippen LogP contribution in [0.1, 0.15) is 58.3 Å². The molecule has 0 unspecified atom stereocenters. The molecule has 2 amide bonds. The predicted octanol–water partition coefficient (Wildman–Crippen LogP) is 1.59. The largest absolute Gasteiger partial charge is 0.340 e. The molecule has 18 heavy (non-hydrogen) atoms. The molecule has 4 heteroatoms. The smallest absolute Gasteiger partial charge is 0.249 e. The number of nitrogens with zero attached hydrogens (tertiary/aromatic N) is 1. The molecule has 0 bridgehead atoms. The van der Waals surface area contributed by atoms with Gasteiger partial charge in [-0.15, -0.1) is 0 Å². The van der Waals surface area contributed by atoms with Gasteiger partial charge in [-0.05, 0) is 32.6 Å².